The lowest BCUT2D eigenvalue weighted by atomic mass is 9.92. The number of alkyl halides is 3. The minimum atomic E-state index is -5.08. The molecule has 36 heavy (non-hydrogen) atoms. The minimum absolute atomic E-state index is 0.0449. The third-order valence-electron chi connectivity index (χ3n) is 6.51. The summed E-state index contributed by atoms with van der Waals surface area (Å²) in [4.78, 5) is 37.6. The number of Topliss-reactive ketones (excluding diaryl/α,β-unsaturated/α-hetero) is 1. The fraction of sp³-hybridized carbons (Fsp3) is 0.423. The molecule has 2 aliphatic rings. The van der Waals surface area contributed by atoms with Gasteiger partial charge in [0.25, 0.3) is 0 Å². The van der Waals surface area contributed by atoms with E-state index in [1.165, 1.54) is 11.1 Å². The van der Waals surface area contributed by atoms with E-state index in [2.05, 4.69) is 24.3 Å². The van der Waals surface area contributed by atoms with E-state index in [-0.39, 0.29) is 29.7 Å². The van der Waals surface area contributed by atoms with Crippen molar-refractivity contribution >= 4 is 29.0 Å². The second kappa shape index (κ2) is 11.8. The van der Waals surface area contributed by atoms with Crippen molar-refractivity contribution in [2.75, 3.05) is 0 Å². The van der Waals surface area contributed by atoms with Gasteiger partial charge in [-0.2, -0.15) is 13.2 Å². The van der Waals surface area contributed by atoms with Crippen molar-refractivity contribution in [3.8, 4) is 0 Å². The van der Waals surface area contributed by atoms with Crippen LogP contribution in [0.4, 0.5) is 13.2 Å². The number of allylic oxidation sites excluding steroid dienone is 1. The average molecular weight is 523 g/mol. The van der Waals surface area contributed by atoms with Crippen LogP contribution in [0.15, 0.2) is 53.9 Å². The predicted molar refractivity (Wildman–Crippen MR) is 130 cm³/mol. The van der Waals surface area contributed by atoms with Crippen LogP contribution in [-0.4, -0.2) is 39.9 Å². The number of benzene rings is 1. The number of carboxylic acids is 1. The molecule has 6 nitrogen and oxygen atoms in total. The van der Waals surface area contributed by atoms with E-state index >= 15 is 0 Å². The number of amides is 1. The van der Waals surface area contributed by atoms with E-state index in [1.807, 2.05) is 35.4 Å². The summed E-state index contributed by atoms with van der Waals surface area (Å²) in [5.41, 5.74) is 8.71. The molecule has 3 N–H and O–H groups in total. The molecule has 1 aromatic carbocycles. The van der Waals surface area contributed by atoms with Gasteiger partial charge in [-0.15, -0.1) is 11.3 Å². The SMILES string of the molecule is CC[C@@H](/C=C/C(=O)N1[C@@H]2CC[C@H]1c1ccccc12)CC(=O)[C@@H](N)Cc1cccs1.O=C(O)C(F)(F)F. The molecule has 10 heteroatoms. The number of nitrogens with zero attached hydrogens (tertiary/aromatic N) is 1. The molecule has 2 bridgehead atoms. The lowest BCUT2D eigenvalue weighted by Crippen LogP contribution is -2.33. The molecule has 1 fully saturated rings. The van der Waals surface area contributed by atoms with Crippen LogP contribution in [0.25, 0.3) is 0 Å². The van der Waals surface area contributed by atoms with E-state index in [4.69, 9.17) is 15.6 Å². The topological polar surface area (TPSA) is 101 Å². The second-order valence-electron chi connectivity index (χ2n) is 8.87. The summed E-state index contributed by atoms with van der Waals surface area (Å²) in [5.74, 6) is -2.59. The van der Waals surface area contributed by atoms with Gasteiger partial charge < -0.3 is 15.7 Å². The summed E-state index contributed by atoms with van der Waals surface area (Å²) in [7, 11) is 0. The first-order chi connectivity index (χ1) is 17.0. The number of carboxylic acid groups (broad SMARTS) is 1. The van der Waals surface area contributed by atoms with Gasteiger partial charge in [0.05, 0.1) is 18.1 Å². The van der Waals surface area contributed by atoms with Crippen LogP contribution < -0.4 is 5.73 Å². The van der Waals surface area contributed by atoms with E-state index in [9.17, 15) is 22.8 Å². The van der Waals surface area contributed by atoms with E-state index in [1.54, 1.807) is 17.4 Å². The van der Waals surface area contributed by atoms with Crippen LogP contribution in [0.3, 0.4) is 0 Å². The molecular formula is C26H29F3N2O4S. The van der Waals surface area contributed by atoms with Crippen molar-refractivity contribution in [1.29, 1.82) is 0 Å². The van der Waals surface area contributed by atoms with Gasteiger partial charge in [0, 0.05) is 17.7 Å². The molecule has 0 unspecified atom stereocenters. The Labute approximate surface area is 211 Å². The normalized spacial score (nSPS) is 20.0. The summed E-state index contributed by atoms with van der Waals surface area (Å²) >= 11 is 1.63. The summed E-state index contributed by atoms with van der Waals surface area (Å²) < 4.78 is 31.7. The van der Waals surface area contributed by atoms with Crippen LogP contribution >= 0.6 is 11.3 Å². The van der Waals surface area contributed by atoms with Crippen molar-refractivity contribution in [2.24, 2.45) is 11.7 Å². The lowest BCUT2D eigenvalue weighted by molar-refractivity contribution is -0.192. The zero-order chi connectivity index (χ0) is 26.5. The molecule has 1 amide bonds. The molecule has 194 valence electrons. The van der Waals surface area contributed by atoms with Gasteiger partial charge in [0.2, 0.25) is 5.91 Å². The highest BCUT2D eigenvalue weighted by atomic mass is 32.1. The Hall–Kier alpha value is -2.98. The maximum atomic E-state index is 13.0. The van der Waals surface area contributed by atoms with Gasteiger partial charge >= 0.3 is 12.1 Å². The van der Waals surface area contributed by atoms with E-state index in [0.717, 1.165) is 24.1 Å². The second-order valence-corrected chi connectivity index (χ2v) is 9.91. The Balaban J connectivity index is 0.000000454. The van der Waals surface area contributed by atoms with Crippen molar-refractivity contribution in [3.05, 3.63) is 69.9 Å². The molecule has 0 aliphatic carbocycles. The number of carbonyl (C=O) groups is 3. The summed E-state index contributed by atoms with van der Waals surface area (Å²) in [6.07, 6.45) is 2.38. The van der Waals surface area contributed by atoms with Gasteiger partial charge in [-0.3, -0.25) is 9.59 Å². The van der Waals surface area contributed by atoms with Crippen molar-refractivity contribution < 1.29 is 32.7 Å². The first-order valence-electron chi connectivity index (χ1n) is 11.7. The predicted octanol–water partition coefficient (Wildman–Crippen LogP) is 5.21. The Bertz CT molecular complexity index is 1070. The summed E-state index contributed by atoms with van der Waals surface area (Å²) in [5, 5.41) is 9.12. The Morgan fingerprint density at radius 2 is 1.72 bits per heavy atom. The molecule has 4 rings (SSSR count). The minimum Gasteiger partial charge on any atom is -0.475 e. The standard InChI is InChI=1S/C24H28N2O2S.C2HF3O2/c1-2-16(14-23(27)20(25)15-17-6-5-13-29-17)9-12-24(28)26-21-10-11-22(26)19-8-4-3-7-18(19)21;3-2(4,5)1(6)7/h3-9,12-13,16,20-22H,2,10-11,14-15,25H2,1H3;(H,6,7)/b12-9+;/t16-,20-,21-,22+;/m0./s1. The highest BCUT2D eigenvalue weighted by Gasteiger charge is 2.45. The lowest BCUT2D eigenvalue weighted by Gasteiger charge is -2.21. The molecule has 1 aromatic heterocycles. The first-order valence-corrected chi connectivity index (χ1v) is 12.6. The smallest absolute Gasteiger partial charge is 0.475 e. The Morgan fingerprint density at radius 3 is 2.19 bits per heavy atom. The molecule has 3 heterocycles. The number of hydrogen-bond acceptors (Lipinski definition) is 5. The number of ketones is 1. The number of nitrogens with two attached hydrogens (primary N) is 1. The van der Waals surface area contributed by atoms with Gasteiger partial charge in [0.1, 0.15) is 5.78 Å². The molecular weight excluding hydrogens is 493 g/mol. The van der Waals surface area contributed by atoms with Crippen molar-refractivity contribution in [3.63, 3.8) is 0 Å². The number of halogens is 3. The highest BCUT2D eigenvalue weighted by Crippen LogP contribution is 2.52. The summed E-state index contributed by atoms with van der Waals surface area (Å²) in [6, 6.07) is 12.3. The molecule has 0 spiro atoms. The van der Waals surface area contributed by atoms with Crippen LogP contribution in [0.5, 0.6) is 0 Å². The van der Waals surface area contributed by atoms with Crippen LogP contribution in [-0.2, 0) is 20.8 Å². The fourth-order valence-electron chi connectivity index (χ4n) is 4.67. The van der Waals surface area contributed by atoms with Crippen LogP contribution in [0.2, 0.25) is 0 Å². The number of thiophene rings is 1. The Morgan fingerprint density at radius 1 is 1.14 bits per heavy atom. The zero-order valence-electron chi connectivity index (χ0n) is 19.8. The largest absolute Gasteiger partial charge is 0.490 e. The van der Waals surface area contributed by atoms with Gasteiger partial charge in [-0.1, -0.05) is 43.3 Å². The quantitative estimate of drug-likeness (QED) is 0.464. The Kier molecular flexibility index (Phi) is 9.08. The van der Waals surface area contributed by atoms with Crippen molar-refractivity contribution in [2.45, 2.75) is 63.3 Å². The number of aliphatic carboxylic acids is 1. The fourth-order valence-corrected chi connectivity index (χ4v) is 5.43. The molecule has 2 aliphatic heterocycles. The third kappa shape index (κ3) is 6.61. The monoisotopic (exact) mass is 522 g/mol. The number of rotatable bonds is 8. The van der Waals surface area contributed by atoms with Gasteiger partial charge in [-0.05, 0) is 53.8 Å². The first kappa shape index (κ1) is 27.6. The number of hydrogen-bond donors (Lipinski definition) is 2. The average Bonchev–Trinajstić information content (AvgIpc) is 3.57. The van der Waals surface area contributed by atoms with Crippen LogP contribution in [0.1, 0.15) is 60.7 Å². The number of carbonyl (C=O) groups excluding carboxylic acids is 2. The van der Waals surface area contributed by atoms with Gasteiger partial charge in [0.15, 0.2) is 0 Å². The maximum Gasteiger partial charge on any atom is 0.490 e. The highest BCUT2D eigenvalue weighted by molar-refractivity contribution is 7.09. The summed E-state index contributed by atoms with van der Waals surface area (Å²) in [6.45, 7) is 2.05. The van der Waals surface area contributed by atoms with E-state index in [0.29, 0.717) is 12.8 Å². The third-order valence-corrected chi connectivity index (χ3v) is 7.41. The number of fused-ring (bicyclic) bond motifs is 5. The zero-order valence-corrected chi connectivity index (χ0v) is 20.6. The van der Waals surface area contributed by atoms with Crippen LogP contribution in [0, 0.1) is 5.92 Å². The molecule has 0 saturated carbocycles. The molecule has 4 atom stereocenters. The molecule has 0 radical (unpaired) electrons. The maximum absolute atomic E-state index is 13.0. The molecule has 2 aromatic rings. The van der Waals surface area contributed by atoms with Gasteiger partial charge in [-0.25, -0.2) is 4.79 Å². The van der Waals surface area contributed by atoms with Crippen molar-refractivity contribution in [1.82, 2.24) is 4.90 Å². The molecule has 1 saturated heterocycles. The van der Waals surface area contributed by atoms with E-state index < -0.39 is 18.2 Å².